The molecule has 5 N–H and O–H groups in total. The maximum atomic E-state index is 13.0. The molecule has 31 heavy (non-hydrogen) atoms. The highest BCUT2D eigenvalue weighted by atomic mass is 32.2. The Morgan fingerprint density at radius 1 is 0.871 bits per heavy atom. The minimum atomic E-state index is -1.29. The number of carbonyl (C=O) groups is 1. The minimum Gasteiger partial charge on any atom is -0.388 e. The molecule has 4 rings (SSSR count). The molecule has 7 nitrogen and oxygen atoms in total. The predicted octanol–water partition coefficient (Wildman–Crippen LogP) is 0.901. The van der Waals surface area contributed by atoms with Crippen LogP contribution in [-0.4, -0.2) is 57.1 Å². The van der Waals surface area contributed by atoms with Crippen LogP contribution in [0.25, 0.3) is 0 Å². The van der Waals surface area contributed by atoms with E-state index in [-0.39, 0.29) is 12.5 Å². The Morgan fingerprint density at radius 2 is 1.48 bits per heavy atom. The standard InChI is InChI=1S/C23H26N2O5S/c26-18-13-30-22(20(28)19(18)27)31-23-24-17(12-15-9-5-2-6-10-15)16(21(29)25-23)11-14-7-3-1-4-8-14/h1-10,18-20,22-24,26-28H,11-13H2,(H,25,29)/t18-,19+,20-,22+,23?/m1/s1. The summed E-state index contributed by atoms with van der Waals surface area (Å²) in [6.45, 7) is -0.0808. The van der Waals surface area contributed by atoms with E-state index >= 15 is 0 Å². The fourth-order valence-electron chi connectivity index (χ4n) is 3.67. The predicted molar refractivity (Wildman–Crippen MR) is 118 cm³/mol. The van der Waals surface area contributed by atoms with Gasteiger partial charge >= 0.3 is 0 Å². The highest BCUT2D eigenvalue weighted by molar-refractivity contribution is 8.00. The van der Waals surface area contributed by atoms with Crippen LogP contribution >= 0.6 is 11.8 Å². The molecule has 2 aromatic rings. The Morgan fingerprint density at radius 3 is 2.13 bits per heavy atom. The summed E-state index contributed by atoms with van der Waals surface area (Å²) in [6.07, 6.45) is -2.64. The van der Waals surface area contributed by atoms with Crippen LogP contribution in [-0.2, 0) is 22.4 Å². The van der Waals surface area contributed by atoms with E-state index < -0.39 is 29.2 Å². The Balaban J connectivity index is 1.55. The molecule has 0 aromatic heterocycles. The number of ether oxygens (including phenoxy) is 1. The van der Waals surface area contributed by atoms with E-state index in [1.807, 2.05) is 60.7 Å². The lowest BCUT2D eigenvalue weighted by molar-refractivity contribution is -0.161. The van der Waals surface area contributed by atoms with Crippen molar-refractivity contribution in [2.45, 2.75) is 42.1 Å². The molecule has 5 atom stereocenters. The summed E-state index contributed by atoms with van der Waals surface area (Å²) >= 11 is 1.16. The highest BCUT2D eigenvalue weighted by Gasteiger charge is 2.40. The number of thioether (sulfide) groups is 1. The SMILES string of the molecule is O=C1NC(S[C@@H]2OC[C@@H](O)[C@H](O)[C@H]2O)NC(Cc2ccccc2)=C1Cc1ccccc1. The third-order valence-electron chi connectivity index (χ3n) is 5.38. The van der Waals surface area contributed by atoms with Gasteiger partial charge in [0.15, 0.2) is 0 Å². The molecular formula is C23H26N2O5S. The number of amides is 1. The normalized spacial score (nSPS) is 28.7. The van der Waals surface area contributed by atoms with Gasteiger partial charge in [0.05, 0.1) is 6.61 Å². The topological polar surface area (TPSA) is 111 Å². The summed E-state index contributed by atoms with van der Waals surface area (Å²) < 4.78 is 5.48. The molecule has 0 saturated carbocycles. The van der Waals surface area contributed by atoms with E-state index in [1.54, 1.807) is 0 Å². The lowest BCUT2D eigenvalue weighted by atomic mass is 9.98. The number of hydrogen-bond acceptors (Lipinski definition) is 7. The average molecular weight is 443 g/mol. The van der Waals surface area contributed by atoms with Gasteiger partial charge in [0, 0.05) is 24.1 Å². The largest absolute Gasteiger partial charge is 0.388 e. The molecule has 1 amide bonds. The number of aliphatic hydroxyl groups excluding tert-OH is 3. The van der Waals surface area contributed by atoms with E-state index in [0.29, 0.717) is 18.4 Å². The maximum absolute atomic E-state index is 13.0. The van der Waals surface area contributed by atoms with Gasteiger partial charge in [0.1, 0.15) is 29.2 Å². The highest BCUT2D eigenvalue weighted by Crippen LogP contribution is 2.29. The molecule has 2 aliphatic rings. The van der Waals surface area contributed by atoms with Crippen molar-refractivity contribution in [2.75, 3.05) is 6.61 Å². The Labute approximate surface area is 185 Å². The second kappa shape index (κ2) is 9.84. The van der Waals surface area contributed by atoms with E-state index in [1.165, 1.54) is 0 Å². The van der Waals surface area contributed by atoms with Crippen LogP contribution in [0.3, 0.4) is 0 Å². The van der Waals surface area contributed by atoms with Crippen molar-refractivity contribution in [3.8, 4) is 0 Å². The van der Waals surface area contributed by atoms with Gasteiger partial charge in [0.2, 0.25) is 0 Å². The van der Waals surface area contributed by atoms with Crippen molar-refractivity contribution >= 4 is 17.7 Å². The number of allylic oxidation sites excluding steroid dienone is 1. The van der Waals surface area contributed by atoms with Crippen molar-refractivity contribution in [3.63, 3.8) is 0 Å². The zero-order valence-electron chi connectivity index (χ0n) is 16.8. The summed E-state index contributed by atoms with van der Waals surface area (Å²) in [6, 6.07) is 19.7. The summed E-state index contributed by atoms with van der Waals surface area (Å²) in [5.41, 5.74) is 2.24. The second-order valence-corrected chi connectivity index (χ2v) is 8.87. The van der Waals surface area contributed by atoms with E-state index in [4.69, 9.17) is 4.74 Å². The zero-order valence-corrected chi connectivity index (χ0v) is 17.7. The number of nitrogens with one attached hydrogen (secondary N) is 2. The molecule has 1 fully saturated rings. The molecule has 1 unspecified atom stereocenters. The molecular weight excluding hydrogens is 416 g/mol. The van der Waals surface area contributed by atoms with Gasteiger partial charge in [-0.3, -0.25) is 4.79 Å². The molecule has 0 aliphatic carbocycles. The first kappa shape index (κ1) is 21.9. The van der Waals surface area contributed by atoms with Crippen molar-refractivity contribution in [1.29, 1.82) is 0 Å². The number of benzene rings is 2. The fourth-order valence-corrected chi connectivity index (χ4v) is 4.80. The Hall–Kier alpha value is -2.36. The van der Waals surface area contributed by atoms with E-state index in [0.717, 1.165) is 28.6 Å². The van der Waals surface area contributed by atoms with E-state index in [9.17, 15) is 20.1 Å². The van der Waals surface area contributed by atoms with Gasteiger partial charge in [-0.05, 0) is 11.1 Å². The monoisotopic (exact) mass is 442 g/mol. The number of hydrogen-bond donors (Lipinski definition) is 5. The lowest BCUT2D eigenvalue weighted by Gasteiger charge is -2.38. The molecule has 1 saturated heterocycles. The molecule has 0 bridgehead atoms. The number of rotatable bonds is 6. The third kappa shape index (κ3) is 5.28. The molecule has 2 heterocycles. The van der Waals surface area contributed by atoms with Crippen LogP contribution in [0.1, 0.15) is 11.1 Å². The lowest BCUT2D eigenvalue weighted by Crippen LogP contribution is -2.55. The molecule has 0 radical (unpaired) electrons. The first-order chi connectivity index (χ1) is 15.0. The number of carbonyl (C=O) groups excluding carboxylic acids is 1. The summed E-state index contributed by atoms with van der Waals surface area (Å²) in [4.78, 5) is 13.0. The van der Waals surface area contributed by atoms with Crippen molar-refractivity contribution in [1.82, 2.24) is 10.6 Å². The first-order valence-corrected chi connectivity index (χ1v) is 11.1. The van der Waals surface area contributed by atoms with Crippen LogP contribution in [0.15, 0.2) is 71.9 Å². The van der Waals surface area contributed by atoms with Gasteiger partial charge in [0.25, 0.3) is 5.91 Å². The molecule has 2 aliphatic heterocycles. The summed E-state index contributed by atoms with van der Waals surface area (Å²) in [5, 5.41) is 36.1. The van der Waals surface area contributed by atoms with Crippen LogP contribution in [0.5, 0.6) is 0 Å². The van der Waals surface area contributed by atoms with Gasteiger partial charge in [-0.25, -0.2) is 0 Å². The molecule has 0 spiro atoms. The summed E-state index contributed by atoms with van der Waals surface area (Å²) in [5.74, 6) is -0.183. The van der Waals surface area contributed by atoms with Crippen LogP contribution in [0, 0.1) is 0 Å². The van der Waals surface area contributed by atoms with Crippen molar-refractivity contribution in [2.24, 2.45) is 0 Å². The maximum Gasteiger partial charge on any atom is 0.251 e. The fraction of sp³-hybridized carbons (Fsp3) is 0.348. The van der Waals surface area contributed by atoms with Gasteiger partial charge < -0.3 is 30.7 Å². The van der Waals surface area contributed by atoms with Crippen LogP contribution < -0.4 is 10.6 Å². The quantitative estimate of drug-likeness (QED) is 0.452. The third-order valence-corrected chi connectivity index (χ3v) is 6.57. The summed E-state index contributed by atoms with van der Waals surface area (Å²) in [7, 11) is 0. The van der Waals surface area contributed by atoms with Gasteiger partial charge in [-0.1, -0.05) is 72.4 Å². The smallest absolute Gasteiger partial charge is 0.251 e. The zero-order chi connectivity index (χ0) is 21.8. The van der Waals surface area contributed by atoms with Gasteiger partial charge in [-0.15, -0.1) is 0 Å². The van der Waals surface area contributed by atoms with E-state index in [2.05, 4.69) is 10.6 Å². The molecule has 2 aromatic carbocycles. The molecule has 8 heteroatoms. The Kier molecular flexibility index (Phi) is 6.94. The minimum absolute atomic E-state index is 0.0808. The van der Waals surface area contributed by atoms with Crippen LogP contribution in [0.2, 0.25) is 0 Å². The van der Waals surface area contributed by atoms with Crippen molar-refractivity contribution in [3.05, 3.63) is 83.1 Å². The number of aliphatic hydroxyl groups is 3. The molecule has 164 valence electrons. The first-order valence-electron chi connectivity index (χ1n) is 10.2. The second-order valence-electron chi connectivity index (χ2n) is 7.67. The van der Waals surface area contributed by atoms with Gasteiger partial charge in [-0.2, -0.15) is 0 Å². The van der Waals surface area contributed by atoms with Crippen LogP contribution in [0.4, 0.5) is 0 Å². The van der Waals surface area contributed by atoms with Crippen molar-refractivity contribution < 1.29 is 24.9 Å². The average Bonchev–Trinajstić information content (AvgIpc) is 2.78. The Bertz CT molecular complexity index is 924.